The first-order valence-corrected chi connectivity index (χ1v) is 9.05. The van der Waals surface area contributed by atoms with Crippen molar-refractivity contribution in [3.05, 3.63) is 35.4 Å². The molecule has 1 saturated carbocycles. The summed E-state index contributed by atoms with van der Waals surface area (Å²) in [5.74, 6) is 0. The molecule has 0 bridgehead atoms. The molecule has 112 valence electrons. The third-order valence-corrected chi connectivity index (χ3v) is 5.64. The van der Waals surface area contributed by atoms with Crippen molar-refractivity contribution in [2.75, 3.05) is 6.26 Å². The molecule has 4 nitrogen and oxygen atoms in total. The molecule has 0 aromatic heterocycles. The smallest absolute Gasteiger partial charge is 0.150 e. The van der Waals surface area contributed by atoms with Crippen LogP contribution < -0.4 is 5.32 Å². The van der Waals surface area contributed by atoms with E-state index in [2.05, 4.69) is 5.32 Å². The Morgan fingerprint density at radius 2 is 2.05 bits per heavy atom. The van der Waals surface area contributed by atoms with Gasteiger partial charge in [0.25, 0.3) is 0 Å². The monoisotopic (exact) mass is 297 g/mol. The van der Waals surface area contributed by atoms with Gasteiger partial charge in [-0.2, -0.15) is 0 Å². The number of hydrogen-bond donors (Lipinski definition) is 2. The minimum atomic E-state index is -2.93. The van der Waals surface area contributed by atoms with Crippen LogP contribution in [0.3, 0.4) is 0 Å². The van der Waals surface area contributed by atoms with E-state index in [1.165, 1.54) is 6.26 Å². The van der Waals surface area contributed by atoms with Gasteiger partial charge >= 0.3 is 0 Å². The van der Waals surface area contributed by atoms with Gasteiger partial charge in [-0.3, -0.25) is 0 Å². The number of aliphatic hydroxyl groups is 1. The maximum Gasteiger partial charge on any atom is 0.150 e. The minimum Gasteiger partial charge on any atom is -0.392 e. The Morgan fingerprint density at radius 3 is 2.75 bits per heavy atom. The molecule has 1 aromatic carbocycles. The van der Waals surface area contributed by atoms with Crippen LogP contribution in [0, 0.1) is 0 Å². The average Bonchev–Trinajstić information content (AvgIpc) is 2.45. The van der Waals surface area contributed by atoms with Gasteiger partial charge in [-0.25, -0.2) is 8.42 Å². The number of aliphatic hydroxyl groups excluding tert-OH is 1. The van der Waals surface area contributed by atoms with E-state index in [0.29, 0.717) is 6.42 Å². The number of hydrogen-bond acceptors (Lipinski definition) is 4. The lowest BCUT2D eigenvalue weighted by Gasteiger charge is -2.28. The SMILES string of the molecule is CS(=O)(=O)C1CCCC(NCc2cccc(CO)c2)C1. The van der Waals surface area contributed by atoms with Crippen LogP contribution in [0.2, 0.25) is 0 Å². The van der Waals surface area contributed by atoms with E-state index in [4.69, 9.17) is 5.11 Å². The van der Waals surface area contributed by atoms with Crippen molar-refractivity contribution in [1.82, 2.24) is 5.32 Å². The lowest BCUT2D eigenvalue weighted by molar-refractivity contribution is 0.281. The summed E-state index contributed by atoms with van der Waals surface area (Å²) >= 11 is 0. The zero-order valence-corrected chi connectivity index (χ0v) is 12.7. The van der Waals surface area contributed by atoms with E-state index in [1.807, 2.05) is 24.3 Å². The first kappa shape index (κ1) is 15.5. The maximum absolute atomic E-state index is 11.6. The van der Waals surface area contributed by atoms with Crippen LogP contribution in [-0.2, 0) is 23.0 Å². The molecular formula is C15H23NO3S. The lowest BCUT2D eigenvalue weighted by atomic mass is 9.94. The van der Waals surface area contributed by atoms with Gasteiger partial charge in [0.1, 0.15) is 9.84 Å². The normalized spacial score (nSPS) is 23.7. The van der Waals surface area contributed by atoms with Gasteiger partial charge in [0, 0.05) is 18.8 Å². The van der Waals surface area contributed by atoms with Gasteiger partial charge in [-0.1, -0.05) is 30.7 Å². The van der Waals surface area contributed by atoms with Crippen LogP contribution in [0.4, 0.5) is 0 Å². The highest BCUT2D eigenvalue weighted by Gasteiger charge is 2.28. The molecule has 0 saturated heterocycles. The summed E-state index contributed by atoms with van der Waals surface area (Å²) in [6.07, 6.45) is 4.83. The molecule has 0 aliphatic heterocycles. The molecule has 2 unspecified atom stereocenters. The van der Waals surface area contributed by atoms with Crippen LogP contribution in [0.5, 0.6) is 0 Å². The van der Waals surface area contributed by atoms with E-state index >= 15 is 0 Å². The van der Waals surface area contributed by atoms with Gasteiger partial charge < -0.3 is 10.4 Å². The van der Waals surface area contributed by atoms with Gasteiger partial charge in [0.15, 0.2) is 0 Å². The van der Waals surface area contributed by atoms with Crippen LogP contribution in [-0.4, -0.2) is 31.1 Å². The third-order valence-electron chi connectivity index (χ3n) is 4.00. The van der Waals surface area contributed by atoms with Gasteiger partial charge in [0.2, 0.25) is 0 Å². The Bertz CT molecular complexity index is 542. The van der Waals surface area contributed by atoms with E-state index in [-0.39, 0.29) is 17.9 Å². The molecule has 2 rings (SSSR count). The number of sulfone groups is 1. The Morgan fingerprint density at radius 1 is 1.30 bits per heavy atom. The standard InChI is InChI=1S/C15H23NO3S/c1-20(18,19)15-7-3-6-14(9-15)16-10-12-4-2-5-13(8-12)11-17/h2,4-5,8,14-17H,3,6-7,9-11H2,1H3. The van der Waals surface area contributed by atoms with E-state index < -0.39 is 9.84 Å². The van der Waals surface area contributed by atoms with Crippen LogP contribution in [0.25, 0.3) is 0 Å². The predicted octanol–water partition coefficient (Wildman–Crippen LogP) is 1.62. The number of benzene rings is 1. The fourth-order valence-electron chi connectivity index (χ4n) is 2.82. The van der Waals surface area contributed by atoms with Gasteiger partial charge in [0.05, 0.1) is 11.9 Å². The molecule has 5 heteroatoms. The van der Waals surface area contributed by atoms with Crippen molar-refractivity contribution >= 4 is 9.84 Å². The number of rotatable bonds is 5. The molecule has 1 aliphatic carbocycles. The summed E-state index contributed by atoms with van der Waals surface area (Å²) in [5, 5.41) is 12.4. The average molecular weight is 297 g/mol. The molecule has 2 N–H and O–H groups in total. The van der Waals surface area contributed by atoms with E-state index in [1.54, 1.807) is 0 Å². The van der Waals surface area contributed by atoms with Crippen molar-refractivity contribution in [3.8, 4) is 0 Å². The summed E-state index contributed by atoms with van der Waals surface area (Å²) < 4.78 is 23.3. The molecule has 2 atom stereocenters. The second kappa shape index (κ2) is 6.70. The Labute approximate surface area is 121 Å². The van der Waals surface area contributed by atoms with Crippen molar-refractivity contribution in [2.45, 2.75) is 50.1 Å². The molecular weight excluding hydrogens is 274 g/mol. The molecule has 0 spiro atoms. The highest BCUT2D eigenvalue weighted by molar-refractivity contribution is 7.91. The van der Waals surface area contributed by atoms with Crippen LogP contribution in [0.1, 0.15) is 36.8 Å². The molecule has 1 fully saturated rings. The van der Waals surface area contributed by atoms with Crippen molar-refractivity contribution in [3.63, 3.8) is 0 Å². The zero-order valence-electron chi connectivity index (χ0n) is 11.9. The van der Waals surface area contributed by atoms with E-state index in [0.717, 1.165) is 36.9 Å². The highest BCUT2D eigenvalue weighted by Crippen LogP contribution is 2.24. The third kappa shape index (κ3) is 4.30. The fourth-order valence-corrected chi connectivity index (χ4v) is 4.00. The summed E-state index contributed by atoms with van der Waals surface area (Å²) in [7, 11) is -2.93. The summed E-state index contributed by atoms with van der Waals surface area (Å²) in [5.41, 5.74) is 2.03. The summed E-state index contributed by atoms with van der Waals surface area (Å²) in [6.45, 7) is 0.766. The van der Waals surface area contributed by atoms with Crippen molar-refractivity contribution in [1.29, 1.82) is 0 Å². The lowest BCUT2D eigenvalue weighted by Crippen LogP contribution is -2.38. The minimum absolute atomic E-state index is 0.0490. The second-order valence-electron chi connectivity index (χ2n) is 5.67. The predicted molar refractivity (Wildman–Crippen MR) is 80.1 cm³/mol. The first-order valence-electron chi connectivity index (χ1n) is 7.10. The molecule has 0 amide bonds. The molecule has 1 aromatic rings. The molecule has 0 radical (unpaired) electrons. The highest BCUT2D eigenvalue weighted by atomic mass is 32.2. The Kier molecular flexibility index (Phi) is 5.18. The Hall–Kier alpha value is -0.910. The summed E-state index contributed by atoms with van der Waals surface area (Å²) in [4.78, 5) is 0. The van der Waals surface area contributed by atoms with Crippen molar-refractivity contribution < 1.29 is 13.5 Å². The Balaban J connectivity index is 1.90. The maximum atomic E-state index is 11.6. The molecule has 20 heavy (non-hydrogen) atoms. The van der Waals surface area contributed by atoms with E-state index in [9.17, 15) is 8.42 Å². The topological polar surface area (TPSA) is 66.4 Å². The fraction of sp³-hybridized carbons (Fsp3) is 0.600. The van der Waals surface area contributed by atoms with Crippen molar-refractivity contribution in [2.24, 2.45) is 0 Å². The van der Waals surface area contributed by atoms with Crippen LogP contribution in [0.15, 0.2) is 24.3 Å². The number of nitrogens with one attached hydrogen (secondary N) is 1. The van der Waals surface area contributed by atoms with Gasteiger partial charge in [-0.15, -0.1) is 0 Å². The molecule has 0 heterocycles. The van der Waals surface area contributed by atoms with Gasteiger partial charge in [-0.05, 0) is 30.4 Å². The largest absolute Gasteiger partial charge is 0.392 e. The quantitative estimate of drug-likeness (QED) is 0.867. The van der Waals surface area contributed by atoms with Crippen LogP contribution >= 0.6 is 0 Å². The first-order chi connectivity index (χ1) is 9.49. The molecule has 1 aliphatic rings. The zero-order chi connectivity index (χ0) is 14.6. The second-order valence-corrected chi connectivity index (χ2v) is 8.00. The summed E-state index contributed by atoms with van der Waals surface area (Å²) in [6, 6.07) is 8.08.